The van der Waals surface area contributed by atoms with E-state index >= 15 is 0 Å². The number of imide groups is 1. The van der Waals surface area contributed by atoms with E-state index in [4.69, 9.17) is 0 Å². The highest BCUT2D eigenvalue weighted by Crippen LogP contribution is 2.35. The number of hydrogen-bond donors (Lipinski definition) is 0. The summed E-state index contributed by atoms with van der Waals surface area (Å²) < 4.78 is 26.8. The molecule has 1 aliphatic heterocycles. The van der Waals surface area contributed by atoms with Gasteiger partial charge in [0.25, 0.3) is 0 Å². The summed E-state index contributed by atoms with van der Waals surface area (Å²) >= 11 is 2.48. The highest BCUT2D eigenvalue weighted by atomic mass is 32.2. The zero-order chi connectivity index (χ0) is 15.9. The van der Waals surface area contributed by atoms with Gasteiger partial charge in [-0.25, -0.2) is 13.7 Å². The first-order valence-corrected chi connectivity index (χ1v) is 7.94. The average Bonchev–Trinajstić information content (AvgIpc) is 2.98. The second kappa shape index (κ2) is 5.73. The predicted molar refractivity (Wildman–Crippen MR) is 77.8 cm³/mol. The van der Waals surface area contributed by atoms with Crippen molar-refractivity contribution in [1.29, 1.82) is 0 Å². The third-order valence-electron chi connectivity index (χ3n) is 3.02. The lowest BCUT2D eigenvalue weighted by atomic mass is 10.3. The standard InChI is InChI=1S/C13H9F2N3O2S2/c1-6-16-17-13(21-6)22-10-5-11(19)18(12(10)20)7-2-3-8(14)9(15)4-7/h2-4,10H,5H2,1H3/t10-/m0/s1. The third kappa shape index (κ3) is 2.73. The number of aromatic nitrogens is 2. The highest BCUT2D eigenvalue weighted by molar-refractivity contribution is 8.02. The second-order valence-corrected chi connectivity index (χ2v) is 7.19. The van der Waals surface area contributed by atoms with Gasteiger partial charge in [0.2, 0.25) is 11.8 Å². The van der Waals surface area contributed by atoms with Crippen LogP contribution in [0.5, 0.6) is 0 Å². The quantitative estimate of drug-likeness (QED) is 0.803. The number of aryl methyl sites for hydroxylation is 1. The molecule has 0 radical (unpaired) electrons. The molecule has 0 bridgehead atoms. The van der Waals surface area contributed by atoms with Gasteiger partial charge in [-0.1, -0.05) is 23.1 Å². The fourth-order valence-electron chi connectivity index (χ4n) is 2.04. The van der Waals surface area contributed by atoms with Crippen molar-refractivity contribution in [3.05, 3.63) is 34.8 Å². The molecule has 114 valence electrons. The largest absolute Gasteiger partial charge is 0.274 e. The van der Waals surface area contributed by atoms with Crippen LogP contribution in [0.1, 0.15) is 11.4 Å². The van der Waals surface area contributed by atoms with E-state index in [1.165, 1.54) is 17.4 Å². The molecule has 2 heterocycles. The van der Waals surface area contributed by atoms with Gasteiger partial charge in [0.1, 0.15) is 10.3 Å². The second-order valence-electron chi connectivity index (χ2n) is 4.56. The first-order chi connectivity index (χ1) is 10.5. The fourth-order valence-corrected chi connectivity index (χ4v) is 4.12. The number of anilines is 1. The molecule has 1 saturated heterocycles. The Labute approximate surface area is 132 Å². The van der Waals surface area contributed by atoms with Crippen molar-refractivity contribution in [2.45, 2.75) is 22.9 Å². The van der Waals surface area contributed by atoms with Crippen LogP contribution in [0.15, 0.2) is 22.5 Å². The summed E-state index contributed by atoms with van der Waals surface area (Å²) in [4.78, 5) is 25.3. The topological polar surface area (TPSA) is 63.2 Å². The number of nitrogens with zero attached hydrogens (tertiary/aromatic N) is 3. The van der Waals surface area contributed by atoms with E-state index in [0.717, 1.165) is 33.8 Å². The van der Waals surface area contributed by atoms with E-state index in [1.807, 2.05) is 0 Å². The van der Waals surface area contributed by atoms with Gasteiger partial charge in [0.05, 0.1) is 5.69 Å². The highest BCUT2D eigenvalue weighted by Gasteiger charge is 2.41. The van der Waals surface area contributed by atoms with Crippen molar-refractivity contribution in [2.24, 2.45) is 0 Å². The van der Waals surface area contributed by atoms with Crippen LogP contribution in [-0.2, 0) is 9.59 Å². The summed E-state index contributed by atoms with van der Waals surface area (Å²) in [6, 6.07) is 2.93. The molecule has 22 heavy (non-hydrogen) atoms. The molecule has 0 unspecified atom stereocenters. The van der Waals surface area contributed by atoms with Crippen LogP contribution in [0, 0.1) is 18.6 Å². The zero-order valence-corrected chi connectivity index (χ0v) is 12.9. The van der Waals surface area contributed by atoms with E-state index in [0.29, 0.717) is 4.34 Å². The molecule has 9 heteroatoms. The molecule has 3 rings (SSSR count). The number of carbonyl (C=O) groups is 2. The summed E-state index contributed by atoms with van der Waals surface area (Å²) in [7, 11) is 0. The molecule has 1 aromatic carbocycles. The van der Waals surface area contributed by atoms with E-state index in [-0.39, 0.29) is 12.1 Å². The molecule has 1 aliphatic rings. The van der Waals surface area contributed by atoms with Crippen LogP contribution in [0.4, 0.5) is 14.5 Å². The van der Waals surface area contributed by atoms with Crippen molar-refractivity contribution in [3.63, 3.8) is 0 Å². The van der Waals surface area contributed by atoms with Gasteiger partial charge in [-0.3, -0.25) is 9.59 Å². The Hall–Kier alpha value is -1.87. The summed E-state index contributed by atoms with van der Waals surface area (Å²) in [6.07, 6.45) is -0.0128. The molecule has 0 N–H and O–H groups in total. The van der Waals surface area contributed by atoms with Crippen molar-refractivity contribution in [3.8, 4) is 0 Å². The third-order valence-corrected chi connectivity index (χ3v) is 5.13. The average molecular weight is 341 g/mol. The van der Waals surface area contributed by atoms with Gasteiger partial charge in [-0.2, -0.15) is 0 Å². The van der Waals surface area contributed by atoms with E-state index in [1.54, 1.807) is 6.92 Å². The molecule has 1 aromatic heterocycles. The lowest BCUT2D eigenvalue weighted by Crippen LogP contribution is -2.31. The molecule has 1 atom stereocenters. The Morgan fingerprint density at radius 3 is 2.68 bits per heavy atom. The number of thioether (sulfide) groups is 1. The summed E-state index contributed by atoms with van der Waals surface area (Å²) in [5.41, 5.74) is 0.0328. The normalized spacial score (nSPS) is 18.3. The van der Waals surface area contributed by atoms with Crippen LogP contribution in [0.2, 0.25) is 0 Å². The minimum Gasteiger partial charge on any atom is -0.274 e. The number of hydrogen-bond acceptors (Lipinski definition) is 6. The molecule has 0 spiro atoms. The van der Waals surface area contributed by atoms with E-state index < -0.39 is 28.7 Å². The molecule has 0 saturated carbocycles. The van der Waals surface area contributed by atoms with Gasteiger partial charge >= 0.3 is 0 Å². The fraction of sp³-hybridized carbons (Fsp3) is 0.231. The molecular weight excluding hydrogens is 332 g/mol. The first-order valence-electron chi connectivity index (χ1n) is 6.24. The molecule has 5 nitrogen and oxygen atoms in total. The van der Waals surface area contributed by atoms with Gasteiger partial charge in [-0.15, -0.1) is 10.2 Å². The van der Waals surface area contributed by atoms with Crippen molar-refractivity contribution >= 4 is 40.6 Å². The number of rotatable bonds is 3. The lowest BCUT2D eigenvalue weighted by Gasteiger charge is -2.14. The van der Waals surface area contributed by atoms with Gasteiger partial charge in [-0.05, 0) is 19.1 Å². The summed E-state index contributed by atoms with van der Waals surface area (Å²) in [5.74, 6) is -3.05. The van der Waals surface area contributed by atoms with E-state index in [9.17, 15) is 18.4 Å². The number of benzene rings is 1. The SMILES string of the molecule is Cc1nnc(S[C@H]2CC(=O)N(c3ccc(F)c(F)c3)C2=O)s1. The maximum absolute atomic E-state index is 13.3. The first kappa shape index (κ1) is 15.0. The lowest BCUT2D eigenvalue weighted by molar-refractivity contribution is -0.121. The van der Waals surface area contributed by atoms with Crippen LogP contribution in [-0.4, -0.2) is 27.3 Å². The summed E-state index contributed by atoms with van der Waals surface area (Å²) in [5, 5.41) is 7.88. The molecule has 2 amide bonds. The van der Waals surface area contributed by atoms with Gasteiger partial charge in [0.15, 0.2) is 16.0 Å². The molecular formula is C13H9F2N3O2S2. The van der Waals surface area contributed by atoms with Crippen LogP contribution in [0.3, 0.4) is 0 Å². The Kier molecular flexibility index (Phi) is 3.92. The Morgan fingerprint density at radius 1 is 1.27 bits per heavy atom. The van der Waals surface area contributed by atoms with Crippen LogP contribution >= 0.6 is 23.1 Å². The van der Waals surface area contributed by atoms with Crippen molar-refractivity contribution in [1.82, 2.24) is 10.2 Å². The summed E-state index contributed by atoms with van der Waals surface area (Å²) in [6.45, 7) is 1.79. The van der Waals surface area contributed by atoms with Gasteiger partial charge in [0, 0.05) is 12.5 Å². The minimum absolute atomic E-state index is 0.0128. The number of amides is 2. The maximum atomic E-state index is 13.3. The monoisotopic (exact) mass is 341 g/mol. The Balaban J connectivity index is 1.83. The van der Waals surface area contributed by atoms with Crippen LogP contribution in [0.25, 0.3) is 0 Å². The predicted octanol–water partition coefficient (Wildman–Crippen LogP) is 2.55. The van der Waals surface area contributed by atoms with E-state index in [2.05, 4.69) is 10.2 Å². The zero-order valence-electron chi connectivity index (χ0n) is 11.2. The smallest absolute Gasteiger partial charge is 0.247 e. The molecule has 2 aromatic rings. The maximum Gasteiger partial charge on any atom is 0.247 e. The minimum atomic E-state index is -1.10. The Bertz CT molecular complexity index is 765. The molecule has 1 fully saturated rings. The number of carbonyl (C=O) groups excluding carboxylic acids is 2. The van der Waals surface area contributed by atoms with Crippen molar-refractivity contribution < 1.29 is 18.4 Å². The Morgan fingerprint density at radius 2 is 2.05 bits per heavy atom. The van der Waals surface area contributed by atoms with Crippen molar-refractivity contribution in [2.75, 3.05) is 4.90 Å². The molecule has 0 aliphatic carbocycles. The van der Waals surface area contributed by atoms with Gasteiger partial charge < -0.3 is 0 Å². The number of halogens is 2. The van der Waals surface area contributed by atoms with Crippen LogP contribution < -0.4 is 4.90 Å².